The molecule has 9 heteroatoms. The summed E-state index contributed by atoms with van der Waals surface area (Å²) in [4.78, 5) is 20.2. The summed E-state index contributed by atoms with van der Waals surface area (Å²) in [6.07, 6.45) is -3.13. The van der Waals surface area contributed by atoms with Crippen LogP contribution in [0, 0.1) is 0 Å². The van der Waals surface area contributed by atoms with E-state index in [0.29, 0.717) is 10.7 Å². The summed E-state index contributed by atoms with van der Waals surface area (Å²) in [7, 11) is 0. The first kappa shape index (κ1) is 18.7. The number of amides is 1. The zero-order chi connectivity index (χ0) is 19.4. The molecule has 0 aliphatic heterocycles. The van der Waals surface area contributed by atoms with E-state index in [0.717, 1.165) is 12.1 Å². The van der Waals surface area contributed by atoms with Gasteiger partial charge in [-0.15, -0.1) is 0 Å². The normalized spacial score (nSPS) is 11.1. The predicted octanol–water partition coefficient (Wildman–Crippen LogP) is 5.14. The Labute approximate surface area is 157 Å². The molecule has 5 nitrogen and oxygen atoms in total. The Kier molecular flexibility index (Phi) is 5.27. The molecule has 1 aromatic heterocycles. The molecule has 138 valence electrons. The lowest BCUT2D eigenvalue weighted by Crippen LogP contribution is -2.14. The Bertz CT molecular complexity index is 961. The highest BCUT2D eigenvalue weighted by molar-refractivity contribution is 6.30. The van der Waals surface area contributed by atoms with Crippen LogP contribution in [0.3, 0.4) is 0 Å². The number of carbonyl (C=O) groups is 1. The van der Waals surface area contributed by atoms with Crippen molar-refractivity contribution in [3.05, 3.63) is 77.1 Å². The second-order valence-electron chi connectivity index (χ2n) is 5.43. The number of carbonyl (C=O) groups excluding carboxylic acids is 1. The van der Waals surface area contributed by atoms with Gasteiger partial charge in [-0.25, -0.2) is 9.97 Å². The molecule has 0 spiro atoms. The monoisotopic (exact) mass is 392 g/mol. The quantitative estimate of drug-likeness (QED) is 0.644. The van der Waals surface area contributed by atoms with E-state index in [9.17, 15) is 18.0 Å². The molecule has 0 unspecified atom stereocenters. The summed E-state index contributed by atoms with van der Waals surface area (Å²) in [5.41, 5.74) is -0.0750. The van der Waals surface area contributed by atoms with Crippen molar-refractivity contribution in [1.82, 2.24) is 9.97 Å². The van der Waals surface area contributed by atoms with Crippen LogP contribution in [-0.4, -0.2) is 15.9 Å². The van der Waals surface area contributed by atoms with E-state index in [1.54, 1.807) is 24.3 Å². The first-order chi connectivity index (χ1) is 12.8. The number of hydrogen-bond donors (Lipinski definition) is 2. The summed E-state index contributed by atoms with van der Waals surface area (Å²) in [5.74, 6) is -0.495. The van der Waals surface area contributed by atoms with Crippen molar-refractivity contribution in [2.75, 3.05) is 10.6 Å². The lowest BCUT2D eigenvalue weighted by Gasteiger charge is -2.10. The van der Waals surface area contributed by atoms with Crippen molar-refractivity contribution in [3.63, 3.8) is 0 Å². The van der Waals surface area contributed by atoms with Crippen molar-refractivity contribution in [1.29, 1.82) is 0 Å². The zero-order valence-corrected chi connectivity index (χ0v) is 14.3. The molecule has 0 aliphatic carbocycles. The molecule has 0 saturated carbocycles. The highest BCUT2D eigenvalue weighted by Crippen LogP contribution is 2.31. The van der Waals surface area contributed by atoms with Gasteiger partial charge in [-0.05, 0) is 48.5 Å². The number of aromatic nitrogens is 2. The molecule has 2 aromatic carbocycles. The second-order valence-corrected chi connectivity index (χ2v) is 5.87. The molecular weight excluding hydrogens is 381 g/mol. The third-order valence-electron chi connectivity index (χ3n) is 3.44. The van der Waals surface area contributed by atoms with Gasteiger partial charge in [0, 0.05) is 22.6 Å². The average molecular weight is 393 g/mol. The van der Waals surface area contributed by atoms with Crippen molar-refractivity contribution < 1.29 is 18.0 Å². The Hall–Kier alpha value is -3.13. The lowest BCUT2D eigenvalue weighted by atomic mass is 10.2. The van der Waals surface area contributed by atoms with Crippen molar-refractivity contribution in [2.45, 2.75) is 6.18 Å². The maximum atomic E-state index is 12.8. The molecule has 0 fully saturated rings. The van der Waals surface area contributed by atoms with Crippen LogP contribution in [0.25, 0.3) is 0 Å². The second kappa shape index (κ2) is 7.63. The standard InChI is InChI=1S/C18H12ClF3N4O/c19-12-4-6-13(7-5-12)24-16(27)15-8-9-23-17(26-15)25-14-3-1-2-11(10-14)18(20,21)22/h1-10H,(H,24,27)(H,23,25,26). The van der Waals surface area contributed by atoms with Crippen LogP contribution < -0.4 is 10.6 Å². The molecule has 1 amide bonds. The van der Waals surface area contributed by atoms with Gasteiger partial charge >= 0.3 is 6.18 Å². The van der Waals surface area contributed by atoms with Gasteiger partial charge in [0.15, 0.2) is 0 Å². The first-order valence-electron chi connectivity index (χ1n) is 7.65. The van der Waals surface area contributed by atoms with Gasteiger partial charge in [0.2, 0.25) is 5.95 Å². The number of anilines is 3. The fraction of sp³-hybridized carbons (Fsp3) is 0.0556. The number of alkyl halides is 3. The molecule has 0 radical (unpaired) electrons. The number of rotatable bonds is 4. The molecule has 3 rings (SSSR count). The third kappa shape index (κ3) is 4.95. The number of halogens is 4. The molecule has 0 saturated heterocycles. The smallest absolute Gasteiger partial charge is 0.324 e. The Morgan fingerprint density at radius 3 is 2.44 bits per heavy atom. The highest BCUT2D eigenvalue weighted by Gasteiger charge is 2.30. The van der Waals surface area contributed by atoms with Gasteiger partial charge in [-0.3, -0.25) is 4.79 Å². The molecule has 1 heterocycles. The van der Waals surface area contributed by atoms with Gasteiger partial charge in [-0.2, -0.15) is 13.2 Å². The van der Waals surface area contributed by atoms with Crippen LogP contribution in [0.5, 0.6) is 0 Å². The van der Waals surface area contributed by atoms with Crippen molar-refractivity contribution >= 4 is 34.8 Å². The minimum atomic E-state index is -4.46. The maximum Gasteiger partial charge on any atom is 0.416 e. The molecule has 0 bridgehead atoms. The predicted molar refractivity (Wildman–Crippen MR) is 96.2 cm³/mol. The minimum Gasteiger partial charge on any atom is -0.324 e. The highest BCUT2D eigenvalue weighted by atomic mass is 35.5. The van der Waals surface area contributed by atoms with Crippen LogP contribution in [-0.2, 0) is 6.18 Å². The van der Waals surface area contributed by atoms with E-state index in [2.05, 4.69) is 20.6 Å². The van der Waals surface area contributed by atoms with Gasteiger partial charge < -0.3 is 10.6 Å². The number of benzene rings is 2. The van der Waals surface area contributed by atoms with Crippen LogP contribution in [0.1, 0.15) is 16.1 Å². The minimum absolute atomic E-state index is 0.00178. The van der Waals surface area contributed by atoms with E-state index < -0.39 is 17.6 Å². The summed E-state index contributed by atoms with van der Waals surface area (Å²) in [6.45, 7) is 0. The summed E-state index contributed by atoms with van der Waals surface area (Å²) < 4.78 is 38.4. The number of nitrogens with zero attached hydrogens (tertiary/aromatic N) is 2. The summed E-state index contributed by atoms with van der Waals surface area (Å²) in [5, 5.41) is 5.83. The van der Waals surface area contributed by atoms with Gasteiger partial charge in [-0.1, -0.05) is 17.7 Å². The lowest BCUT2D eigenvalue weighted by molar-refractivity contribution is -0.137. The van der Waals surface area contributed by atoms with E-state index in [1.807, 2.05) is 0 Å². The van der Waals surface area contributed by atoms with Crippen LogP contribution >= 0.6 is 11.6 Å². The van der Waals surface area contributed by atoms with Gasteiger partial charge in [0.1, 0.15) is 5.69 Å². The topological polar surface area (TPSA) is 66.9 Å². The maximum absolute atomic E-state index is 12.8. The van der Waals surface area contributed by atoms with Crippen molar-refractivity contribution in [2.24, 2.45) is 0 Å². The van der Waals surface area contributed by atoms with Crippen molar-refractivity contribution in [3.8, 4) is 0 Å². The Balaban J connectivity index is 1.75. The Morgan fingerprint density at radius 2 is 1.74 bits per heavy atom. The first-order valence-corrected chi connectivity index (χ1v) is 8.03. The Morgan fingerprint density at radius 1 is 1.00 bits per heavy atom. The van der Waals surface area contributed by atoms with Gasteiger partial charge in [0.05, 0.1) is 5.56 Å². The number of hydrogen-bond acceptors (Lipinski definition) is 4. The fourth-order valence-electron chi connectivity index (χ4n) is 2.18. The largest absolute Gasteiger partial charge is 0.416 e. The van der Waals surface area contributed by atoms with Crippen LogP contribution in [0.4, 0.5) is 30.5 Å². The van der Waals surface area contributed by atoms with E-state index >= 15 is 0 Å². The van der Waals surface area contributed by atoms with Crippen LogP contribution in [0.2, 0.25) is 5.02 Å². The van der Waals surface area contributed by atoms with E-state index in [4.69, 9.17) is 11.6 Å². The molecule has 0 aliphatic rings. The molecule has 2 N–H and O–H groups in total. The molecule has 27 heavy (non-hydrogen) atoms. The summed E-state index contributed by atoms with van der Waals surface area (Å²) >= 11 is 5.79. The molecule has 0 atom stereocenters. The molecular formula is C18H12ClF3N4O. The van der Waals surface area contributed by atoms with E-state index in [1.165, 1.54) is 24.4 Å². The SMILES string of the molecule is O=C(Nc1ccc(Cl)cc1)c1ccnc(Nc2cccc(C(F)(F)F)c2)n1. The number of nitrogens with one attached hydrogen (secondary N) is 2. The van der Waals surface area contributed by atoms with Crippen LogP contribution in [0.15, 0.2) is 60.8 Å². The molecule has 3 aromatic rings. The van der Waals surface area contributed by atoms with E-state index in [-0.39, 0.29) is 17.3 Å². The fourth-order valence-corrected chi connectivity index (χ4v) is 2.30. The average Bonchev–Trinajstić information content (AvgIpc) is 2.63. The third-order valence-corrected chi connectivity index (χ3v) is 3.69. The van der Waals surface area contributed by atoms with Gasteiger partial charge in [0.25, 0.3) is 5.91 Å². The summed E-state index contributed by atoms with van der Waals surface area (Å²) in [6, 6.07) is 12.5. The zero-order valence-electron chi connectivity index (χ0n) is 13.6.